The second kappa shape index (κ2) is 11.8. The van der Waals surface area contributed by atoms with Gasteiger partial charge in [0.25, 0.3) is 0 Å². The molecule has 29 heavy (non-hydrogen) atoms. The highest BCUT2D eigenvalue weighted by Crippen LogP contribution is 2.28. The average molecular weight is 409 g/mol. The third kappa shape index (κ3) is 7.03. The van der Waals surface area contributed by atoms with E-state index in [4.69, 9.17) is 9.47 Å². The smallest absolute Gasteiger partial charge is 0.353 e. The lowest BCUT2D eigenvalue weighted by Crippen LogP contribution is -2.37. The van der Waals surface area contributed by atoms with Crippen LogP contribution in [0.5, 0.6) is 0 Å². The monoisotopic (exact) mass is 409 g/mol. The Kier molecular flexibility index (Phi) is 8.81. The van der Waals surface area contributed by atoms with E-state index in [1.54, 1.807) is 0 Å². The molecule has 2 aliphatic heterocycles. The van der Waals surface area contributed by atoms with Gasteiger partial charge in [0.2, 0.25) is 11.6 Å². The standard InChI is InChI=1S/C18H31N7O4/c26-25(27)16-17(19-3-1-5-23-7-11-28-12-8-23)21-15-22-18(16)20-4-2-6-24-9-13-29-14-10-24/h15H,1-14H2,(H2,19,20,21,22). The van der Waals surface area contributed by atoms with Crippen LogP contribution in [0.2, 0.25) is 0 Å². The van der Waals surface area contributed by atoms with Gasteiger partial charge in [-0.1, -0.05) is 0 Å². The largest absolute Gasteiger partial charge is 0.379 e. The Morgan fingerprint density at radius 1 is 0.897 bits per heavy atom. The van der Waals surface area contributed by atoms with E-state index < -0.39 is 4.92 Å². The number of morpholine rings is 2. The molecule has 162 valence electrons. The Morgan fingerprint density at radius 2 is 1.34 bits per heavy atom. The van der Waals surface area contributed by atoms with Crippen LogP contribution in [0.4, 0.5) is 17.3 Å². The Morgan fingerprint density at radius 3 is 1.76 bits per heavy atom. The van der Waals surface area contributed by atoms with Crippen LogP contribution in [0.3, 0.4) is 0 Å². The summed E-state index contributed by atoms with van der Waals surface area (Å²) in [6.07, 6.45) is 3.12. The van der Waals surface area contributed by atoms with Crippen molar-refractivity contribution in [1.82, 2.24) is 19.8 Å². The molecule has 11 heteroatoms. The molecule has 0 atom stereocenters. The molecule has 3 heterocycles. The molecule has 0 aromatic carbocycles. The third-order valence-electron chi connectivity index (χ3n) is 5.10. The van der Waals surface area contributed by atoms with Crippen LogP contribution in [0.15, 0.2) is 6.33 Å². The number of ether oxygens (including phenoxy) is 2. The molecule has 0 unspecified atom stereocenters. The van der Waals surface area contributed by atoms with Gasteiger partial charge in [-0.3, -0.25) is 19.9 Å². The van der Waals surface area contributed by atoms with Gasteiger partial charge in [0.05, 0.1) is 31.4 Å². The maximum atomic E-state index is 11.6. The number of anilines is 2. The minimum absolute atomic E-state index is 0.0924. The van der Waals surface area contributed by atoms with Gasteiger partial charge in [0.15, 0.2) is 0 Å². The van der Waals surface area contributed by atoms with Gasteiger partial charge in [-0.05, 0) is 25.9 Å². The summed E-state index contributed by atoms with van der Waals surface area (Å²) >= 11 is 0. The van der Waals surface area contributed by atoms with E-state index in [0.29, 0.717) is 13.1 Å². The maximum Gasteiger partial charge on any atom is 0.353 e. The third-order valence-corrected chi connectivity index (χ3v) is 5.10. The molecular formula is C18H31N7O4. The molecule has 0 bridgehead atoms. The predicted octanol–water partition coefficient (Wildman–Crippen LogP) is 0.653. The van der Waals surface area contributed by atoms with Gasteiger partial charge < -0.3 is 20.1 Å². The molecular weight excluding hydrogens is 378 g/mol. The molecule has 0 saturated carbocycles. The first-order valence-corrected chi connectivity index (χ1v) is 10.3. The van der Waals surface area contributed by atoms with E-state index in [1.807, 2.05) is 0 Å². The number of rotatable bonds is 11. The SMILES string of the molecule is O=[N+]([O-])c1c(NCCCN2CCOCC2)ncnc1NCCCN1CCOCC1. The van der Waals surface area contributed by atoms with E-state index >= 15 is 0 Å². The molecule has 2 fully saturated rings. The summed E-state index contributed by atoms with van der Waals surface area (Å²) in [5.41, 5.74) is -0.0924. The molecule has 0 amide bonds. The average Bonchev–Trinajstić information content (AvgIpc) is 2.75. The van der Waals surface area contributed by atoms with E-state index in [0.717, 1.165) is 78.5 Å². The van der Waals surface area contributed by atoms with Crippen molar-refractivity contribution in [3.05, 3.63) is 16.4 Å². The minimum Gasteiger partial charge on any atom is -0.379 e. The summed E-state index contributed by atoms with van der Waals surface area (Å²) in [5, 5.41) is 17.8. The zero-order chi connectivity index (χ0) is 20.3. The number of nitrogens with one attached hydrogen (secondary N) is 2. The molecule has 2 N–H and O–H groups in total. The molecule has 11 nitrogen and oxygen atoms in total. The van der Waals surface area contributed by atoms with Crippen LogP contribution in [-0.4, -0.2) is 103 Å². The minimum atomic E-state index is -0.422. The number of hydrogen-bond donors (Lipinski definition) is 2. The lowest BCUT2D eigenvalue weighted by molar-refractivity contribution is -0.383. The Balaban J connectivity index is 1.45. The molecule has 2 saturated heterocycles. The van der Waals surface area contributed by atoms with Crippen LogP contribution in [0.25, 0.3) is 0 Å². The van der Waals surface area contributed by atoms with Crippen LogP contribution in [-0.2, 0) is 9.47 Å². The van der Waals surface area contributed by atoms with Crippen molar-refractivity contribution in [2.45, 2.75) is 12.8 Å². The summed E-state index contributed by atoms with van der Waals surface area (Å²) in [4.78, 5) is 24.0. The summed E-state index contributed by atoms with van der Waals surface area (Å²) < 4.78 is 10.7. The first-order chi connectivity index (χ1) is 14.2. The van der Waals surface area contributed by atoms with Gasteiger partial charge in [-0.15, -0.1) is 0 Å². The Bertz CT molecular complexity index is 592. The molecule has 0 aliphatic carbocycles. The lowest BCUT2D eigenvalue weighted by atomic mass is 10.3. The van der Waals surface area contributed by atoms with Crippen molar-refractivity contribution < 1.29 is 14.4 Å². The van der Waals surface area contributed by atoms with Crippen LogP contribution in [0.1, 0.15) is 12.8 Å². The quantitative estimate of drug-likeness (QED) is 0.306. The molecule has 1 aromatic heterocycles. The van der Waals surface area contributed by atoms with Crippen molar-refractivity contribution >= 4 is 17.3 Å². The van der Waals surface area contributed by atoms with E-state index in [-0.39, 0.29) is 17.3 Å². The molecule has 2 aliphatic rings. The van der Waals surface area contributed by atoms with Gasteiger partial charge in [0.1, 0.15) is 6.33 Å². The normalized spacial score (nSPS) is 18.5. The van der Waals surface area contributed by atoms with Gasteiger partial charge in [-0.25, -0.2) is 9.97 Å². The van der Waals surface area contributed by atoms with Crippen LogP contribution >= 0.6 is 0 Å². The number of nitro groups is 1. The van der Waals surface area contributed by atoms with Crippen LogP contribution in [0, 0.1) is 10.1 Å². The van der Waals surface area contributed by atoms with E-state index in [2.05, 4.69) is 30.4 Å². The highest BCUT2D eigenvalue weighted by Gasteiger charge is 2.22. The van der Waals surface area contributed by atoms with Crippen molar-refractivity contribution in [2.24, 2.45) is 0 Å². The number of nitrogens with zero attached hydrogens (tertiary/aromatic N) is 5. The van der Waals surface area contributed by atoms with E-state index in [9.17, 15) is 10.1 Å². The predicted molar refractivity (Wildman–Crippen MR) is 109 cm³/mol. The van der Waals surface area contributed by atoms with Crippen molar-refractivity contribution in [3.8, 4) is 0 Å². The Hall–Kier alpha value is -2.08. The zero-order valence-corrected chi connectivity index (χ0v) is 16.8. The second-order valence-corrected chi connectivity index (χ2v) is 7.15. The zero-order valence-electron chi connectivity index (χ0n) is 16.8. The van der Waals surface area contributed by atoms with Crippen molar-refractivity contribution in [3.63, 3.8) is 0 Å². The fraction of sp³-hybridized carbons (Fsp3) is 0.778. The topological polar surface area (TPSA) is 118 Å². The van der Waals surface area contributed by atoms with Gasteiger partial charge >= 0.3 is 5.69 Å². The molecule has 1 aromatic rings. The first kappa shape index (κ1) is 21.6. The Labute approximate surface area is 170 Å². The fourth-order valence-electron chi connectivity index (χ4n) is 3.48. The van der Waals surface area contributed by atoms with Crippen molar-refractivity contribution in [1.29, 1.82) is 0 Å². The van der Waals surface area contributed by atoms with E-state index in [1.165, 1.54) is 6.33 Å². The molecule has 3 rings (SSSR count). The van der Waals surface area contributed by atoms with Gasteiger partial charge in [-0.2, -0.15) is 0 Å². The maximum absolute atomic E-state index is 11.6. The fourth-order valence-corrected chi connectivity index (χ4v) is 3.48. The molecule has 0 spiro atoms. The lowest BCUT2D eigenvalue weighted by Gasteiger charge is -2.26. The van der Waals surface area contributed by atoms with Crippen molar-refractivity contribution in [2.75, 3.05) is 89.4 Å². The summed E-state index contributed by atoms with van der Waals surface area (Å²) in [7, 11) is 0. The summed E-state index contributed by atoms with van der Waals surface area (Å²) in [6.45, 7) is 9.92. The number of hydrogen-bond acceptors (Lipinski definition) is 10. The first-order valence-electron chi connectivity index (χ1n) is 10.3. The van der Waals surface area contributed by atoms with Crippen LogP contribution < -0.4 is 10.6 Å². The van der Waals surface area contributed by atoms with Gasteiger partial charge in [0, 0.05) is 39.3 Å². The summed E-state index contributed by atoms with van der Waals surface area (Å²) in [6, 6.07) is 0. The highest BCUT2D eigenvalue weighted by atomic mass is 16.6. The number of aromatic nitrogens is 2. The second-order valence-electron chi connectivity index (χ2n) is 7.15. The summed E-state index contributed by atoms with van der Waals surface area (Å²) in [5.74, 6) is 0.533. The molecule has 0 radical (unpaired) electrons. The highest BCUT2D eigenvalue weighted by molar-refractivity contribution is 5.69.